The van der Waals surface area contributed by atoms with Gasteiger partial charge in [-0.3, -0.25) is 4.79 Å². The van der Waals surface area contributed by atoms with E-state index in [0.29, 0.717) is 5.69 Å². The normalized spacial score (nSPS) is 23.7. The third-order valence-electron chi connectivity index (χ3n) is 3.41. The molecular formula is C13H18FN3O. The molecule has 1 aromatic carbocycles. The van der Waals surface area contributed by atoms with E-state index in [1.54, 1.807) is 0 Å². The van der Waals surface area contributed by atoms with Gasteiger partial charge in [0.25, 0.3) is 5.91 Å². The topological polar surface area (TPSA) is 81.1 Å². The molecule has 4 nitrogen and oxygen atoms in total. The summed E-state index contributed by atoms with van der Waals surface area (Å²) in [6, 6.07) is 4.17. The van der Waals surface area contributed by atoms with Crippen molar-refractivity contribution in [1.82, 2.24) is 0 Å². The molecule has 5 N–H and O–H groups in total. The van der Waals surface area contributed by atoms with Crippen molar-refractivity contribution in [2.24, 2.45) is 11.5 Å². The highest BCUT2D eigenvalue weighted by Crippen LogP contribution is 2.23. The summed E-state index contributed by atoms with van der Waals surface area (Å²) in [7, 11) is 0. The molecule has 1 aliphatic carbocycles. The second-order valence-electron chi connectivity index (χ2n) is 4.75. The van der Waals surface area contributed by atoms with Crippen LogP contribution in [0.1, 0.15) is 36.0 Å². The van der Waals surface area contributed by atoms with Crippen molar-refractivity contribution in [1.29, 1.82) is 0 Å². The summed E-state index contributed by atoms with van der Waals surface area (Å²) in [5.74, 6) is -1.11. The Morgan fingerprint density at radius 3 is 2.72 bits per heavy atom. The zero-order valence-electron chi connectivity index (χ0n) is 10.2. The Kier molecular flexibility index (Phi) is 3.81. The number of hydrogen-bond acceptors (Lipinski definition) is 3. The van der Waals surface area contributed by atoms with E-state index in [9.17, 15) is 9.18 Å². The number of hydrogen-bond donors (Lipinski definition) is 3. The molecule has 0 radical (unpaired) electrons. The lowest BCUT2D eigenvalue weighted by molar-refractivity contribution is 0.100. The number of amides is 1. The van der Waals surface area contributed by atoms with Gasteiger partial charge in [0.05, 0.1) is 5.56 Å². The van der Waals surface area contributed by atoms with Crippen molar-refractivity contribution >= 4 is 11.6 Å². The summed E-state index contributed by atoms with van der Waals surface area (Å²) in [5.41, 5.74) is 12.0. The maximum atomic E-state index is 13.1. The van der Waals surface area contributed by atoms with E-state index in [2.05, 4.69) is 5.32 Å². The molecule has 1 saturated carbocycles. The van der Waals surface area contributed by atoms with Gasteiger partial charge in [-0.05, 0) is 31.0 Å². The standard InChI is InChI=1S/C13H18FN3O/c14-8-5-6-11(9(7-8)13(16)18)17-12-4-2-1-3-10(12)15/h5-7,10,12,17H,1-4,15H2,(H2,16,18). The zero-order valence-corrected chi connectivity index (χ0v) is 10.2. The Morgan fingerprint density at radius 2 is 2.06 bits per heavy atom. The molecule has 1 aliphatic rings. The van der Waals surface area contributed by atoms with Crippen LogP contribution in [0.25, 0.3) is 0 Å². The van der Waals surface area contributed by atoms with Crippen LogP contribution in [0.5, 0.6) is 0 Å². The quantitative estimate of drug-likeness (QED) is 0.763. The Balaban J connectivity index is 2.20. The molecule has 5 heteroatoms. The minimum Gasteiger partial charge on any atom is -0.380 e. The fourth-order valence-electron chi connectivity index (χ4n) is 2.38. The van der Waals surface area contributed by atoms with Gasteiger partial charge in [0.15, 0.2) is 0 Å². The molecule has 98 valence electrons. The van der Waals surface area contributed by atoms with Crippen LogP contribution in [0.2, 0.25) is 0 Å². The van der Waals surface area contributed by atoms with Gasteiger partial charge < -0.3 is 16.8 Å². The Morgan fingerprint density at radius 1 is 1.33 bits per heavy atom. The number of nitrogens with two attached hydrogens (primary N) is 2. The van der Waals surface area contributed by atoms with E-state index < -0.39 is 11.7 Å². The number of primary amides is 1. The molecule has 2 atom stereocenters. The number of halogens is 1. The predicted molar refractivity (Wildman–Crippen MR) is 68.8 cm³/mol. The van der Waals surface area contributed by atoms with Crippen LogP contribution in [0.4, 0.5) is 10.1 Å². The van der Waals surface area contributed by atoms with Crippen LogP contribution < -0.4 is 16.8 Å². The van der Waals surface area contributed by atoms with E-state index in [1.165, 1.54) is 12.1 Å². The molecule has 2 rings (SSSR count). The first-order chi connectivity index (χ1) is 8.58. The van der Waals surface area contributed by atoms with Gasteiger partial charge in [0.1, 0.15) is 5.82 Å². The van der Waals surface area contributed by atoms with Gasteiger partial charge in [-0.25, -0.2) is 4.39 Å². The molecule has 0 spiro atoms. The molecular weight excluding hydrogens is 233 g/mol. The zero-order chi connectivity index (χ0) is 13.1. The van der Waals surface area contributed by atoms with Gasteiger partial charge >= 0.3 is 0 Å². The first kappa shape index (κ1) is 12.8. The fourth-order valence-corrected chi connectivity index (χ4v) is 2.38. The van der Waals surface area contributed by atoms with Gasteiger partial charge in [-0.1, -0.05) is 12.8 Å². The Bertz CT molecular complexity index is 450. The van der Waals surface area contributed by atoms with Crippen LogP contribution in [0, 0.1) is 5.82 Å². The van der Waals surface area contributed by atoms with E-state index in [-0.39, 0.29) is 17.6 Å². The number of benzene rings is 1. The lowest BCUT2D eigenvalue weighted by Crippen LogP contribution is -2.42. The van der Waals surface area contributed by atoms with Crippen LogP contribution in [0.15, 0.2) is 18.2 Å². The molecule has 1 aromatic rings. The SMILES string of the molecule is NC(=O)c1cc(F)ccc1NC1CCCCC1N. The molecule has 0 heterocycles. The second kappa shape index (κ2) is 5.35. The number of nitrogens with one attached hydrogen (secondary N) is 1. The smallest absolute Gasteiger partial charge is 0.250 e. The number of carbonyl (C=O) groups excluding carboxylic acids is 1. The van der Waals surface area contributed by atoms with E-state index in [4.69, 9.17) is 11.5 Å². The van der Waals surface area contributed by atoms with Crippen molar-refractivity contribution in [3.63, 3.8) is 0 Å². The van der Waals surface area contributed by atoms with Crippen molar-refractivity contribution in [3.05, 3.63) is 29.6 Å². The van der Waals surface area contributed by atoms with Crippen molar-refractivity contribution in [2.45, 2.75) is 37.8 Å². The summed E-state index contributed by atoms with van der Waals surface area (Å²) in [4.78, 5) is 11.3. The monoisotopic (exact) mass is 251 g/mol. The van der Waals surface area contributed by atoms with E-state index >= 15 is 0 Å². The van der Waals surface area contributed by atoms with Crippen molar-refractivity contribution in [3.8, 4) is 0 Å². The maximum absolute atomic E-state index is 13.1. The summed E-state index contributed by atoms with van der Waals surface area (Å²) >= 11 is 0. The molecule has 1 fully saturated rings. The number of rotatable bonds is 3. The molecule has 0 bridgehead atoms. The average molecular weight is 251 g/mol. The van der Waals surface area contributed by atoms with Gasteiger partial charge in [0.2, 0.25) is 0 Å². The highest BCUT2D eigenvalue weighted by molar-refractivity contribution is 5.98. The largest absolute Gasteiger partial charge is 0.380 e. The molecule has 0 aliphatic heterocycles. The average Bonchev–Trinajstić information content (AvgIpc) is 2.34. The van der Waals surface area contributed by atoms with Gasteiger partial charge in [0, 0.05) is 17.8 Å². The van der Waals surface area contributed by atoms with Gasteiger partial charge in [-0.15, -0.1) is 0 Å². The first-order valence-corrected chi connectivity index (χ1v) is 6.19. The van der Waals surface area contributed by atoms with Crippen LogP contribution in [-0.4, -0.2) is 18.0 Å². The maximum Gasteiger partial charge on any atom is 0.250 e. The summed E-state index contributed by atoms with van der Waals surface area (Å²) in [6.07, 6.45) is 4.16. The van der Waals surface area contributed by atoms with Crippen molar-refractivity contribution < 1.29 is 9.18 Å². The second-order valence-corrected chi connectivity index (χ2v) is 4.75. The third kappa shape index (κ3) is 2.79. The fraction of sp³-hybridized carbons (Fsp3) is 0.462. The molecule has 0 saturated heterocycles. The number of anilines is 1. The molecule has 0 aromatic heterocycles. The summed E-state index contributed by atoms with van der Waals surface area (Å²) in [6.45, 7) is 0. The van der Waals surface area contributed by atoms with E-state index in [0.717, 1.165) is 31.7 Å². The summed E-state index contributed by atoms with van der Waals surface area (Å²) in [5, 5.41) is 3.22. The highest BCUT2D eigenvalue weighted by Gasteiger charge is 2.22. The van der Waals surface area contributed by atoms with Gasteiger partial charge in [-0.2, -0.15) is 0 Å². The van der Waals surface area contributed by atoms with Crippen LogP contribution in [-0.2, 0) is 0 Å². The third-order valence-corrected chi connectivity index (χ3v) is 3.41. The number of carbonyl (C=O) groups is 1. The molecule has 1 amide bonds. The first-order valence-electron chi connectivity index (χ1n) is 6.19. The van der Waals surface area contributed by atoms with Crippen molar-refractivity contribution in [2.75, 3.05) is 5.32 Å². The Labute approximate surface area is 106 Å². The molecule has 2 unspecified atom stereocenters. The summed E-state index contributed by atoms with van der Waals surface area (Å²) < 4.78 is 13.1. The molecule has 18 heavy (non-hydrogen) atoms. The predicted octanol–water partition coefficient (Wildman–Crippen LogP) is 1.61. The van der Waals surface area contributed by atoms with E-state index in [1.807, 2.05) is 0 Å². The lowest BCUT2D eigenvalue weighted by Gasteiger charge is -2.30. The lowest BCUT2D eigenvalue weighted by atomic mass is 9.90. The Hall–Kier alpha value is -1.62. The van der Waals surface area contributed by atoms with Crippen LogP contribution in [0.3, 0.4) is 0 Å². The minimum atomic E-state index is -0.638. The van der Waals surface area contributed by atoms with Crippen LogP contribution >= 0.6 is 0 Å². The highest BCUT2D eigenvalue weighted by atomic mass is 19.1. The minimum absolute atomic E-state index is 0.0597.